The second-order valence-electron chi connectivity index (χ2n) is 7.16. The van der Waals surface area contributed by atoms with Crippen LogP contribution in [0.25, 0.3) is 0 Å². The third kappa shape index (κ3) is 4.61. The number of likely N-dealkylation sites (N-methyl/N-ethyl adjacent to an activating group) is 1. The fraction of sp³-hybridized carbons (Fsp3) is 0.125. The summed E-state index contributed by atoms with van der Waals surface area (Å²) in [6.45, 7) is 1.65. The van der Waals surface area contributed by atoms with E-state index in [0.29, 0.717) is 22.5 Å². The number of para-hydroxylation sites is 1. The van der Waals surface area contributed by atoms with Gasteiger partial charge < -0.3 is 15.5 Å². The van der Waals surface area contributed by atoms with E-state index in [1.165, 1.54) is 24.3 Å². The number of amides is 2. The predicted octanol–water partition coefficient (Wildman–Crippen LogP) is 4.02. The molecule has 0 aromatic heterocycles. The van der Waals surface area contributed by atoms with E-state index in [1.807, 2.05) is 19.2 Å². The zero-order valence-electron chi connectivity index (χ0n) is 16.9. The van der Waals surface area contributed by atoms with E-state index in [-0.39, 0.29) is 11.7 Å². The number of carbonyl (C=O) groups is 2. The average Bonchev–Trinajstić information content (AvgIpc) is 3.21. The molecule has 1 aliphatic heterocycles. The Morgan fingerprint density at radius 1 is 0.903 bits per heavy atom. The molecule has 2 amide bonds. The van der Waals surface area contributed by atoms with Gasteiger partial charge in [-0.05, 0) is 48.5 Å². The molecule has 6 nitrogen and oxygen atoms in total. The second kappa shape index (κ2) is 8.79. The van der Waals surface area contributed by atoms with Crippen LogP contribution in [0, 0.1) is 5.82 Å². The molecular formula is C24H21FN4O2. The summed E-state index contributed by atoms with van der Waals surface area (Å²) in [6.07, 6.45) is 0. The quantitative estimate of drug-likeness (QED) is 0.660. The molecule has 156 valence electrons. The molecule has 0 bridgehead atoms. The predicted molar refractivity (Wildman–Crippen MR) is 119 cm³/mol. The van der Waals surface area contributed by atoms with Crippen molar-refractivity contribution in [2.24, 2.45) is 4.99 Å². The molecule has 0 aliphatic carbocycles. The van der Waals surface area contributed by atoms with Gasteiger partial charge in [-0.15, -0.1) is 0 Å². The van der Waals surface area contributed by atoms with Crippen molar-refractivity contribution in [2.75, 3.05) is 30.8 Å². The smallest absolute Gasteiger partial charge is 0.257 e. The van der Waals surface area contributed by atoms with Crippen LogP contribution in [-0.2, 0) is 0 Å². The minimum Gasteiger partial charge on any atom is -0.358 e. The van der Waals surface area contributed by atoms with Gasteiger partial charge >= 0.3 is 0 Å². The van der Waals surface area contributed by atoms with Crippen LogP contribution < -0.4 is 10.6 Å². The Morgan fingerprint density at radius 2 is 1.61 bits per heavy atom. The molecule has 3 aromatic rings. The summed E-state index contributed by atoms with van der Waals surface area (Å²) in [5, 5.41) is 5.51. The summed E-state index contributed by atoms with van der Waals surface area (Å²) in [4.78, 5) is 32.0. The number of amidine groups is 1. The summed E-state index contributed by atoms with van der Waals surface area (Å²) < 4.78 is 13.1. The minimum atomic E-state index is -0.403. The van der Waals surface area contributed by atoms with Crippen molar-refractivity contribution in [3.8, 4) is 0 Å². The van der Waals surface area contributed by atoms with Gasteiger partial charge in [0.2, 0.25) is 0 Å². The number of hydrogen-bond acceptors (Lipinski definition) is 4. The SMILES string of the molecule is CN1CCN=C1c1ccc(C(=O)Nc2ccccc2C(=O)Nc2ccc(F)cc2)cc1. The highest BCUT2D eigenvalue weighted by Gasteiger charge is 2.17. The lowest BCUT2D eigenvalue weighted by Crippen LogP contribution is -2.23. The van der Waals surface area contributed by atoms with Gasteiger partial charge in [0.15, 0.2) is 0 Å². The normalized spacial score (nSPS) is 13.0. The molecule has 31 heavy (non-hydrogen) atoms. The molecule has 0 unspecified atom stereocenters. The number of rotatable bonds is 5. The first-order valence-electron chi connectivity index (χ1n) is 9.84. The van der Waals surface area contributed by atoms with Gasteiger partial charge in [0.25, 0.3) is 11.8 Å². The van der Waals surface area contributed by atoms with Crippen LogP contribution >= 0.6 is 0 Å². The van der Waals surface area contributed by atoms with Gasteiger partial charge in [-0.1, -0.05) is 24.3 Å². The fourth-order valence-electron chi connectivity index (χ4n) is 3.33. The van der Waals surface area contributed by atoms with Gasteiger partial charge in [-0.2, -0.15) is 0 Å². The molecule has 0 atom stereocenters. The van der Waals surface area contributed by atoms with Gasteiger partial charge in [0.1, 0.15) is 11.7 Å². The first-order valence-corrected chi connectivity index (χ1v) is 9.84. The molecule has 1 heterocycles. The summed E-state index contributed by atoms with van der Waals surface area (Å²) in [7, 11) is 1.99. The van der Waals surface area contributed by atoms with Crippen molar-refractivity contribution in [2.45, 2.75) is 0 Å². The lowest BCUT2D eigenvalue weighted by molar-refractivity contribution is 0.102. The number of carbonyl (C=O) groups excluding carboxylic acids is 2. The largest absolute Gasteiger partial charge is 0.358 e. The van der Waals surface area contributed by atoms with Crippen LogP contribution in [0.15, 0.2) is 77.8 Å². The van der Waals surface area contributed by atoms with E-state index in [4.69, 9.17) is 0 Å². The van der Waals surface area contributed by atoms with E-state index >= 15 is 0 Å². The maximum atomic E-state index is 13.1. The average molecular weight is 416 g/mol. The highest BCUT2D eigenvalue weighted by atomic mass is 19.1. The van der Waals surface area contributed by atoms with Crippen LogP contribution in [0.3, 0.4) is 0 Å². The van der Waals surface area contributed by atoms with E-state index in [2.05, 4.69) is 20.5 Å². The zero-order chi connectivity index (χ0) is 21.8. The van der Waals surface area contributed by atoms with Gasteiger partial charge in [-0.25, -0.2) is 4.39 Å². The van der Waals surface area contributed by atoms with Gasteiger partial charge in [0, 0.05) is 30.4 Å². The standard InChI is InChI=1S/C24H21FN4O2/c1-29-15-14-26-22(29)16-6-8-17(9-7-16)23(30)28-21-5-3-2-4-20(21)24(31)27-19-12-10-18(25)11-13-19/h2-13H,14-15H2,1H3,(H,27,31)(H,28,30). The minimum absolute atomic E-state index is 0.304. The molecule has 1 aliphatic rings. The number of nitrogens with zero attached hydrogens (tertiary/aromatic N) is 2. The number of benzene rings is 3. The maximum Gasteiger partial charge on any atom is 0.257 e. The number of anilines is 2. The van der Waals surface area contributed by atoms with Crippen LogP contribution in [0.5, 0.6) is 0 Å². The number of aliphatic imine (C=N–C) groups is 1. The molecule has 0 saturated heterocycles. The topological polar surface area (TPSA) is 73.8 Å². The van der Waals surface area contributed by atoms with Crippen molar-refractivity contribution in [3.05, 3.63) is 95.3 Å². The van der Waals surface area contributed by atoms with Crippen molar-refractivity contribution in [3.63, 3.8) is 0 Å². The highest BCUT2D eigenvalue weighted by Crippen LogP contribution is 2.19. The summed E-state index contributed by atoms with van der Waals surface area (Å²) >= 11 is 0. The Labute approximate surface area is 179 Å². The Balaban J connectivity index is 1.48. The van der Waals surface area contributed by atoms with Crippen LogP contribution in [0.4, 0.5) is 15.8 Å². The van der Waals surface area contributed by atoms with E-state index in [9.17, 15) is 14.0 Å². The number of hydrogen-bond donors (Lipinski definition) is 2. The number of halogens is 1. The maximum absolute atomic E-state index is 13.1. The summed E-state index contributed by atoms with van der Waals surface area (Å²) in [5.74, 6) is -0.200. The molecule has 4 rings (SSSR count). The Kier molecular flexibility index (Phi) is 5.75. The third-order valence-corrected chi connectivity index (χ3v) is 4.99. The van der Waals surface area contributed by atoms with Crippen molar-refractivity contribution < 1.29 is 14.0 Å². The molecule has 2 N–H and O–H groups in total. The molecule has 0 radical (unpaired) electrons. The number of nitrogens with one attached hydrogen (secondary N) is 2. The molecule has 3 aromatic carbocycles. The van der Waals surface area contributed by atoms with E-state index < -0.39 is 5.91 Å². The first kappa shape index (κ1) is 20.3. The molecule has 0 spiro atoms. The summed E-state index contributed by atoms with van der Waals surface area (Å²) in [6, 6.07) is 19.4. The highest BCUT2D eigenvalue weighted by molar-refractivity contribution is 6.12. The fourth-order valence-corrected chi connectivity index (χ4v) is 3.33. The Morgan fingerprint density at radius 3 is 2.29 bits per heavy atom. The van der Waals surface area contributed by atoms with Crippen molar-refractivity contribution in [1.29, 1.82) is 0 Å². The lowest BCUT2D eigenvalue weighted by atomic mass is 10.1. The molecule has 0 saturated carbocycles. The molecule has 0 fully saturated rings. The lowest BCUT2D eigenvalue weighted by Gasteiger charge is -2.14. The van der Waals surface area contributed by atoms with Crippen LogP contribution in [-0.4, -0.2) is 42.7 Å². The Bertz CT molecular complexity index is 1140. The van der Waals surface area contributed by atoms with Crippen LogP contribution in [0.2, 0.25) is 0 Å². The zero-order valence-corrected chi connectivity index (χ0v) is 16.9. The van der Waals surface area contributed by atoms with Gasteiger partial charge in [-0.3, -0.25) is 14.6 Å². The monoisotopic (exact) mass is 416 g/mol. The second-order valence-corrected chi connectivity index (χ2v) is 7.16. The first-order chi connectivity index (χ1) is 15.0. The van der Waals surface area contributed by atoms with Crippen molar-refractivity contribution in [1.82, 2.24) is 4.90 Å². The molecular weight excluding hydrogens is 395 g/mol. The van der Waals surface area contributed by atoms with Crippen molar-refractivity contribution >= 4 is 29.0 Å². The van der Waals surface area contributed by atoms with E-state index in [1.54, 1.807) is 36.4 Å². The summed E-state index contributed by atoms with van der Waals surface area (Å²) in [5.41, 5.74) is 2.58. The Hall–Kier alpha value is -4.00. The van der Waals surface area contributed by atoms with E-state index in [0.717, 1.165) is 24.5 Å². The van der Waals surface area contributed by atoms with Crippen LogP contribution in [0.1, 0.15) is 26.3 Å². The molecule has 7 heteroatoms. The third-order valence-electron chi connectivity index (χ3n) is 4.99. The van der Waals surface area contributed by atoms with Gasteiger partial charge in [0.05, 0.1) is 17.8 Å².